The minimum absolute atomic E-state index is 0.0161. The van der Waals surface area contributed by atoms with Gasteiger partial charge >= 0.3 is 0 Å². The van der Waals surface area contributed by atoms with Crippen LogP contribution in [0.2, 0.25) is 5.02 Å². The Morgan fingerprint density at radius 1 is 1.12 bits per heavy atom. The molecule has 3 heteroatoms. The standard InChI is InChI=1S/C14H20ClNO/c1-13(2,3)12(17)16-14(4,5)10-8-6-7-9-11(10)15/h6-9H,1-5H3,(H,16,17). The van der Waals surface area contributed by atoms with E-state index in [9.17, 15) is 4.79 Å². The Morgan fingerprint density at radius 3 is 2.12 bits per heavy atom. The molecule has 1 amide bonds. The fourth-order valence-electron chi connectivity index (χ4n) is 1.51. The van der Waals surface area contributed by atoms with Crippen molar-refractivity contribution < 1.29 is 4.79 Å². The second-order valence-electron chi connectivity index (χ2n) is 5.81. The zero-order valence-electron chi connectivity index (χ0n) is 11.1. The molecule has 17 heavy (non-hydrogen) atoms. The molecule has 1 aromatic rings. The summed E-state index contributed by atoms with van der Waals surface area (Å²) >= 11 is 6.16. The molecule has 0 unspecified atom stereocenters. The van der Waals surface area contributed by atoms with Gasteiger partial charge in [0.05, 0.1) is 5.54 Å². The second kappa shape index (κ2) is 4.69. The third kappa shape index (κ3) is 3.47. The number of carbonyl (C=O) groups is 1. The van der Waals surface area contributed by atoms with E-state index in [2.05, 4.69) is 5.32 Å². The first kappa shape index (κ1) is 14.0. The van der Waals surface area contributed by atoms with Crippen molar-refractivity contribution >= 4 is 17.5 Å². The number of rotatable bonds is 2. The van der Waals surface area contributed by atoms with Crippen LogP contribution in [-0.4, -0.2) is 5.91 Å². The first-order chi connectivity index (χ1) is 7.64. The van der Waals surface area contributed by atoms with Crippen LogP contribution in [0.3, 0.4) is 0 Å². The fourth-order valence-corrected chi connectivity index (χ4v) is 1.88. The maximum atomic E-state index is 12.0. The largest absolute Gasteiger partial charge is 0.347 e. The molecule has 0 saturated heterocycles. The summed E-state index contributed by atoms with van der Waals surface area (Å²) in [5.74, 6) is 0.0161. The highest BCUT2D eigenvalue weighted by atomic mass is 35.5. The summed E-state index contributed by atoms with van der Waals surface area (Å²) in [5, 5.41) is 3.70. The molecule has 0 aliphatic carbocycles. The molecule has 2 nitrogen and oxygen atoms in total. The van der Waals surface area contributed by atoms with Gasteiger partial charge in [0.15, 0.2) is 0 Å². The third-order valence-corrected chi connectivity index (χ3v) is 2.98. The minimum atomic E-state index is -0.470. The molecule has 0 bridgehead atoms. The van der Waals surface area contributed by atoms with Crippen LogP contribution in [0.5, 0.6) is 0 Å². The highest BCUT2D eigenvalue weighted by molar-refractivity contribution is 6.31. The van der Waals surface area contributed by atoms with Crippen LogP contribution in [0, 0.1) is 5.41 Å². The Hall–Kier alpha value is -1.02. The molecule has 0 aromatic heterocycles. The van der Waals surface area contributed by atoms with Crippen molar-refractivity contribution in [2.24, 2.45) is 5.41 Å². The summed E-state index contributed by atoms with van der Waals surface area (Å²) < 4.78 is 0. The van der Waals surface area contributed by atoms with Gasteiger partial charge in [0.2, 0.25) is 5.91 Å². The zero-order chi connectivity index (χ0) is 13.3. The molecule has 94 valence electrons. The second-order valence-corrected chi connectivity index (χ2v) is 6.22. The van der Waals surface area contributed by atoms with E-state index in [1.165, 1.54) is 0 Å². The lowest BCUT2D eigenvalue weighted by Crippen LogP contribution is -2.46. The summed E-state index contributed by atoms with van der Waals surface area (Å²) in [6.45, 7) is 9.59. The maximum absolute atomic E-state index is 12.0. The average molecular weight is 254 g/mol. The molecule has 0 fully saturated rings. The summed E-state index contributed by atoms with van der Waals surface area (Å²) in [4.78, 5) is 12.0. The Kier molecular flexibility index (Phi) is 3.88. The Bertz CT molecular complexity index is 418. The van der Waals surface area contributed by atoms with E-state index < -0.39 is 11.0 Å². The van der Waals surface area contributed by atoms with E-state index in [1.807, 2.05) is 58.9 Å². The summed E-state index contributed by atoms with van der Waals surface area (Å²) in [5.41, 5.74) is 0.0561. The highest BCUT2D eigenvalue weighted by Gasteiger charge is 2.30. The van der Waals surface area contributed by atoms with Gasteiger partial charge in [-0.1, -0.05) is 50.6 Å². The van der Waals surface area contributed by atoms with Crippen LogP contribution in [0.15, 0.2) is 24.3 Å². The quantitative estimate of drug-likeness (QED) is 0.855. The lowest BCUT2D eigenvalue weighted by atomic mass is 9.90. The van der Waals surface area contributed by atoms with Crippen LogP contribution in [-0.2, 0) is 10.3 Å². The lowest BCUT2D eigenvalue weighted by molar-refractivity contribution is -0.130. The number of halogens is 1. The fraction of sp³-hybridized carbons (Fsp3) is 0.500. The molecule has 1 aromatic carbocycles. The molecule has 0 aliphatic rings. The van der Waals surface area contributed by atoms with Crippen LogP contribution in [0.1, 0.15) is 40.2 Å². The Morgan fingerprint density at radius 2 is 1.65 bits per heavy atom. The van der Waals surface area contributed by atoms with Gasteiger partial charge in [-0.05, 0) is 25.5 Å². The molecule has 0 atom stereocenters. The molecule has 0 radical (unpaired) electrons. The van der Waals surface area contributed by atoms with Gasteiger partial charge in [-0.25, -0.2) is 0 Å². The number of benzene rings is 1. The van der Waals surface area contributed by atoms with Crippen molar-refractivity contribution in [2.45, 2.75) is 40.2 Å². The number of amides is 1. The predicted molar refractivity (Wildman–Crippen MR) is 72.1 cm³/mol. The van der Waals surface area contributed by atoms with Gasteiger partial charge in [-0.3, -0.25) is 4.79 Å². The van der Waals surface area contributed by atoms with Crippen molar-refractivity contribution in [3.05, 3.63) is 34.9 Å². The van der Waals surface area contributed by atoms with Crippen molar-refractivity contribution in [1.29, 1.82) is 0 Å². The molecule has 0 aliphatic heterocycles. The first-order valence-electron chi connectivity index (χ1n) is 5.72. The smallest absolute Gasteiger partial charge is 0.226 e. The molecular formula is C14H20ClNO. The van der Waals surface area contributed by atoms with Gasteiger partial charge in [0.25, 0.3) is 0 Å². The van der Waals surface area contributed by atoms with Crippen molar-refractivity contribution in [3.63, 3.8) is 0 Å². The van der Waals surface area contributed by atoms with Crippen LogP contribution in [0.4, 0.5) is 0 Å². The highest BCUT2D eigenvalue weighted by Crippen LogP contribution is 2.28. The van der Waals surface area contributed by atoms with E-state index in [4.69, 9.17) is 11.6 Å². The van der Waals surface area contributed by atoms with Gasteiger partial charge in [-0.2, -0.15) is 0 Å². The Balaban J connectivity index is 2.97. The molecular weight excluding hydrogens is 234 g/mol. The van der Waals surface area contributed by atoms with Gasteiger partial charge in [0.1, 0.15) is 0 Å². The van der Waals surface area contributed by atoms with Gasteiger partial charge in [-0.15, -0.1) is 0 Å². The van der Waals surface area contributed by atoms with Crippen LogP contribution < -0.4 is 5.32 Å². The average Bonchev–Trinajstić information content (AvgIpc) is 2.15. The normalized spacial score (nSPS) is 12.4. The number of carbonyl (C=O) groups excluding carboxylic acids is 1. The Labute approximate surface area is 108 Å². The van der Waals surface area contributed by atoms with Crippen LogP contribution in [0.25, 0.3) is 0 Å². The van der Waals surface area contributed by atoms with E-state index in [0.717, 1.165) is 5.56 Å². The van der Waals surface area contributed by atoms with Crippen molar-refractivity contribution in [3.8, 4) is 0 Å². The minimum Gasteiger partial charge on any atom is -0.347 e. The predicted octanol–water partition coefficient (Wildman–Crippen LogP) is 3.74. The molecule has 0 saturated carbocycles. The van der Waals surface area contributed by atoms with E-state index >= 15 is 0 Å². The molecule has 0 heterocycles. The summed E-state index contributed by atoms with van der Waals surface area (Å²) in [6, 6.07) is 7.58. The summed E-state index contributed by atoms with van der Waals surface area (Å²) in [7, 11) is 0. The van der Waals surface area contributed by atoms with Gasteiger partial charge < -0.3 is 5.32 Å². The summed E-state index contributed by atoms with van der Waals surface area (Å²) in [6.07, 6.45) is 0. The zero-order valence-corrected chi connectivity index (χ0v) is 11.9. The maximum Gasteiger partial charge on any atom is 0.226 e. The van der Waals surface area contributed by atoms with Crippen molar-refractivity contribution in [2.75, 3.05) is 0 Å². The van der Waals surface area contributed by atoms with Gasteiger partial charge in [0, 0.05) is 10.4 Å². The molecule has 1 rings (SSSR count). The van der Waals surface area contributed by atoms with Crippen LogP contribution >= 0.6 is 11.6 Å². The van der Waals surface area contributed by atoms with E-state index in [0.29, 0.717) is 5.02 Å². The SMILES string of the molecule is CC(C)(C)C(=O)NC(C)(C)c1ccccc1Cl. The first-order valence-corrected chi connectivity index (χ1v) is 6.10. The van der Waals surface area contributed by atoms with E-state index in [1.54, 1.807) is 0 Å². The number of hydrogen-bond donors (Lipinski definition) is 1. The number of nitrogens with one attached hydrogen (secondary N) is 1. The number of hydrogen-bond acceptors (Lipinski definition) is 1. The topological polar surface area (TPSA) is 29.1 Å². The molecule has 0 spiro atoms. The lowest BCUT2D eigenvalue weighted by Gasteiger charge is -2.31. The molecule has 1 N–H and O–H groups in total. The van der Waals surface area contributed by atoms with Crippen molar-refractivity contribution in [1.82, 2.24) is 5.32 Å². The monoisotopic (exact) mass is 253 g/mol. The van der Waals surface area contributed by atoms with E-state index in [-0.39, 0.29) is 5.91 Å². The third-order valence-electron chi connectivity index (χ3n) is 2.65.